The monoisotopic (exact) mass is 365 g/mol. The molecule has 0 saturated carbocycles. The fourth-order valence-corrected chi connectivity index (χ4v) is 3.27. The number of nitrogens with one attached hydrogen (secondary N) is 2. The molecule has 140 valence electrons. The summed E-state index contributed by atoms with van der Waals surface area (Å²) >= 11 is 0. The van der Waals surface area contributed by atoms with E-state index in [1.807, 2.05) is 50.4 Å². The summed E-state index contributed by atoms with van der Waals surface area (Å²) in [5.41, 5.74) is 2.73. The van der Waals surface area contributed by atoms with Crippen molar-refractivity contribution in [3.63, 3.8) is 0 Å². The lowest BCUT2D eigenvalue weighted by Crippen LogP contribution is -2.33. The molecule has 0 bridgehead atoms. The van der Waals surface area contributed by atoms with Gasteiger partial charge in [-0.1, -0.05) is 37.3 Å². The standard InChI is InChI=1S/C21H23N3O3/c1-3-14(2)23-21(25)12-18(15-7-6-8-16(11-15)24(26)27)19-13-22-20-10-5-4-9-17(19)20/h4-11,13-14,18,22H,3,12H2,1-2H3,(H,23,25)/t14-,18-/m1/s1. The van der Waals surface area contributed by atoms with Crippen LogP contribution in [0.1, 0.15) is 43.7 Å². The third-order valence-electron chi connectivity index (χ3n) is 4.89. The maximum absolute atomic E-state index is 12.6. The van der Waals surface area contributed by atoms with Gasteiger partial charge in [-0.2, -0.15) is 0 Å². The summed E-state index contributed by atoms with van der Waals surface area (Å²) in [7, 11) is 0. The van der Waals surface area contributed by atoms with Gasteiger partial charge in [0.1, 0.15) is 0 Å². The van der Waals surface area contributed by atoms with Crippen molar-refractivity contribution in [1.82, 2.24) is 10.3 Å². The van der Waals surface area contributed by atoms with Gasteiger partial charge in [0.25, 0.3) is 5.69 Å². The van der Waals surface area contributed by atoms with Crippen LogP contribution in [0, 0.1) is 10.1 Å². The van der Waals surface area contributed by atoms with Gasteiger partial charge in [-0.3, -0.25) is 14.9 Å². The topological polar surface area (TPSA) is 88.0 Å². The van der Waals surface area contributed by atoms with Crippen molar-refractivity contribution in [1.29, 1.82) is 0 Å². The number of nitro groups is 1. The molecule has 1 amide bonds. The number of carbonyl (C=O) groups excluding carboxylic acids is 1. The van der Waals surface area contributed by atoms with E-state index in [1.54, 1.807) is 12.1 Å². The van der Waals surface area contributed by atoms with Crippen LogP contribution in [0.4, 0.5) is 5.69 Å². The minimum Gasteiger partial charge on any atom is -0.361 e. The maximum atomic E-state index is 12.6. The van der Waals surface area contributed by atoms with E-state index in [0.717, 1.165) is 28.5 Å². The lowest BCUT2D eigenvalue weighted by Gasteiger charge is -2.19. The fourth-order valence-electron chi connectivity index (χ4n) is 3.27. The van der Waals surface area contributed by atoms with Gasteiger partial charge in [-0.15, -0.1) is 0 Å². The molecule has 2 atom stereocenters. The summed E-state index contributed by atoms with van der Waals surface area (Å²) in [5, 5.41) is 15.2. The van der Waals surface area contributed by atoms with Crippen LogP contribution in [-0.2, 0) is 4.79 Å². The first-order valence-electron chi connectivity index (χ1n) is 9.09. The number of aromatic nitrogens is 1. The Morgan fingerprint density at radius 1 is 1.22 bits per heavy atom. The van der Waals surface area contributed by atoms with Crippen molar-refractivity contribution in [3.8, 4) is 0 Å². The average Bonchev–Trinajstić information content (AvgIpc) is 3.10. The predicted molar refractivity (Wildman–Crippen MR) is 106 cm³/mol. The number of non-ortho nitro benzene ring substituents is 1. The van der Waals surface area contributed by atoms with Crippen molar-refractivity contribution in [2.75, 3.05) is 0 Å². The number of nitro benzene ring substituents is 1. The third kappa shape index (κ3) is 4.16. The normalized spacial score (nSPS) is 13.3. The predicted octanol–water partition coefficient (Wildman–Crippen LogP) is 4.51. The summed E-state index contributed by atoms with van der Waals surface area (Å²) in [6.07, 6.45) is 2.97. The van der Waals surface area contributed by atoms with Gasteiger partial charge in [0, 0.05) is 47.6 Å². The molecule has 0 aliphatic heterocycles. The van der Waals surface area contributed by atoms with Crippen molar-refractivity contribution in [2.45, 2.75) is 38.6 Å². The molecule has 2 N–H and O–H groups in total. The lowest BCUT2D eigenvalue weighted by atomic mass is 9.87. The zero-order valence-corrected chi connectivity index (χ0v) is 15.4. The smallest absolute Gasteiger partial charge is 0.269 e. The number of aromatic amines is 1. The van der Waals surface area contributed by atoms with Gasteiger partial charge in [-0.05, 0) is 30.5 Å². The average molecular weight is 365 g/mol. The number of nitrogens with zero attached hydrogens (tertiary/aromatic N) is 1. The Kier molecular flexibility index (Phi) is 5.54. The minimum atomic E-state index is -0.408. The largest absolute Gasteiger partial charge is 0.361 e. The number of hydrogen-bond acceptors (Lipinski definition) is 3. The maximum Gasteiger partial charge on any atom is 0.269 e. The molecule has 0 spiro atoms. The second-order valence-electron chi connectivity index (χ2n) is 6.78. The van der Waals surface area contributed by atoms with Crippen molar-refractivity contribution in [3.05, 3.63) is 76.0 Å². The quantitative estimate of drug-likeness (QED) is 0.477. The summed E-state index contributed by atoms with van der Waals surface area (Å²) in [6, 6.07) is 14.5. The van der Waals surface area contributed by atoms with Crippen molar-refractivity contribution < 1.29 is 9.72 Å². The number of amides is 1. The molecule has 27 heavy (non-hydrogen) atoms. The Balaban J connectivity index is 2.02. The molecule has 3 rings (SSSR count). The first-order valence-corrected chi connectivity index (χ1v) is 9.09. The lowest BCUT2D eigenvalue weighted by molar-refractivity contribution is -0.384. The summed E-state index contributed by atoms with van der Waals surface area (Å²) in [4.78, 5) is 26.6. The number of rotatable bonds is 7. The van der Waals surface area contributed by atoms with Crippen LogP contribution in [0.25, 0.3) is 10.9 Å². The molecule has 6 heteroatoms. The number of fused-ring (bicyclic) bond motifs is 1. The molecule has 0 aliphatic rings. The van der Waals surface area contributed by atoms with Gasteiger partial charge in [0.05, 0.1) is 4.92 Å². The summed E-state index contributed by atoms with van der Waals surface area (Å²) in [6.45, 7) is 3.98. The summed E-state index contributed by atoms with van der Waals surface area (Å²) < 4.78 is 0. The van der Waals surface area contributed by atoms with Gasteiger partial charge in [-0.25, -0.2) is 0 Å². The van der Waals surface area contributed by atoms with Crippen molar-refractivity contribution >= 4 is 22.5 Å². The fraction of sp³-hybridized carbons (Fsp3) is 0.286. The number of benzene rings is 2. The Hall–Kier alpha value is -3.15. The molecule has 0 unspecified atom stereocenters. The zero-order valence-electron chi connectivity index (χ0n) is 15.4. The molecule has 0 fully saturated rings. The Bertz CT molecular complexity index is 964. The van der Waals surface area contributed by atoms with Crippen LogP contribution in [0.2, 0.25) is 0 Å². The third-order valence-corrected chi connectivity index (χ3v) is 4.89. The van der Waals surface area contributed by atoms with E-state index < -0.39 is 4.92 Å². The molecule has 1 aromatic heterocycles. The van der Waals surface area contributed by atoms with E-state index in [4.69, 9.17) is 0 Å². The first-order chi connectivity index (χ1) is 13.0. The molecule has 0 aliphatic carbocycles. The SMILES string of the molecule is CC[C@@H](C)NC(=O)C[C@H](c1cccc([N+](=O)[O-])c1)c1c[nH]c2ccccc12. The highest BCUT2D eigenvalue weighted by Gasteiger charge is 2.23. The van der Waals surface area contributed by atoms with Gasteiger partial charge in [0.15, 0.2) is 0 Å². The minimum absolute atomic E-state index is 0.0275. The van der Waals surface area contributed by atoms with Crippen LogP contribution >= 0.6 is 0 Å². The molecule has 2 aromatic carbocycles. The van der Waals surface area contributed by atoms with Gasteiger partial charge in [0.2, 0.25) is 5.91 Å². The van der Waals surface area contributed by atoms with Crippen LogP contribution in [0.3, 0.4) is 0 Å². The molecule has 1 heterocycles. The first kappa shape index (κ1) is 18.6. The molecule has 0 saturated heterocycles. The van der Waals surface area contributed by atoms with E-state index in [-0.39, 0.29) is 30.0 Å². The van der Waals surface area contributed by atoms with Crippen LogP contribution in [0.5, 0.6) is 0 Å². The van der Waals surface area contributed by atoms with Crippen LogP contribution < -0.4 is 5.32 Å². The van der Waals surface area contributed by atoms with Gasteiger partial charge < -0.3 is 10.3 Å². The van der Waals surface area contributed by atoms with E-state index >= 15 is 0 Å². The second kappa shape index (κ2) is 8.03. The Morgan fingerprint density at radius 3 is 2.74 bits per heavy atom. The molecule has 6 nitrogen and oxygen atoms in total. The van der Waals surface area contributed by atoms with E-state index in [2.05, 4.69) is 10.3 Å². The van der Waals surface area contributed by atoms with Crippen LogP contribution in [0.15, 0.2) is 54.7 Å². The number of para-hydroxylation sites is 1. The zero-order chi connectivity index (χ0) is 19.4. The second-order valence-corrected chi connectivity index (χ2v) is 6.78. The highest BCUT2D eigenvalue weighted by atomic mass is 16.6. The number of carbonyl (C=O) groups is 1. The van der Waals surface area contributed by atoms with E-state index in [9.17, 15) is 14.9 Å². The Morgan fingerprint density at radius 2 is 2.00 bits per heavy atom. The van der Waals surface area contributed by atoms with Crippen LogP contribution in [-0.4, -0.2) is 21.9 Å². The molecular weight excluding hydrogens is 342 g/mol. The highest BCUT2D eigenvalue weighted by molar-refractivity contribution is 5.86. The number of H-pyrrole nitrogens is 1. The molecule has 0 radical (unpaired) electrons. The van der Waals surface area contributed by atoms with Gasteiger partial charge >= 0.3 is 0 Å². The van der Waals surface area contributed by atoms with Crippen molar-refractivity contribution in [2.24, 2.45) is 0 Å². The van der Waals surface area contributed by atoms with E-state index in [1.165, 1.54) is 6.07 Å². The summed E-state index contributed by atoms with van der Waals surface area (Å²) in [5.74, 6) is -0.337. The molecule has 3 aromatic rings. The number of hydrogen-bond donors (Lipinski definition) is 2. The molecular formula is C21H23N3O3. The Labute approximate surface area is 157 Å². The van der Waals surface area contributed by atoms with E-state index in [0.29, 0.717) is 0 Å². The highest BCUT2D eigenvalue weighted by Crippen LogP contribution is 2.34.